The van der Waals surface area contributed by atoms with E-state index in [9.17, 15) is 18.0 Å². The van der Waals surface area contributed by atoms with E-state index >= 15 is 0 Å². The Labute approximate surface area is 205 Å². The molecule has 1 N–H and O–H groups in total. The second kappa shape index (κ2) is 10.1. The van der Waals surface area contributed by atoms with Crippen molar-refractivity contribution in [1.82, 2.24) is 19.8 Å². The van der Waals surface area contributed by atoms with Crippen molar-refractivity contribution in [3.05, 3.63) is 71.9 Å². The fraction of sp³-hybridized carbons (Fsp3) is 0.360. The van der Waals surface area contributed by atoms with Crippen molar-refractivity contribution in [2.45, 2.75) is 31.0 Å². The summed E-state index contributed by atoms with van der Waals surface area (Å²) < 4.78 is 37.2. The molecule has 36 heavy (non-hydrogen) atoms. The minimum absolute atomic E-state index is 0.0169. The average Bonchev–Trinajstić information content (AvgIpc) is 3.37. The van der Waals surface area contributed by atoms with Crippen LogP contribution in [0.3, 0.4) is 0 Å². The molecule has 190 valence electrons. The van der Waals surface area contributed by atoms with Gasteiger partial charge in [-0.15, -0.1) is 0 Å². The number of piperidine rings is 1. The van der Waals surface area contributed by atoms with Crippen LogP contribution in [-0.2, 0) is 16.8 Å². The largest absolute Gasteiger partial charge is 0.490 e. The monoisotopic (exact) mass is 502 g/mol. The summed E-state index contributed by atoms with van der Waals surface area (Å²) in [5, 5.41) is 7.12. The van der Waals surface area contributed by atoms with Crippen molar-refractivity contribution in [2.75, 3.05) is 26.7 Å². The van der Waals surface area contributed by atoms with Crippen LogP contribution in [0.15, 0.2) is 59.3 Å². The molecule has 1 spiro atoms. The van der Waals surface area contributed by atoms with Crippen molar-refractivity contribution in [2.24, 2.45) is 0 Å². The van der Waals surface area contributed by atoms with Crippen LogP contribution in [0.5, 0.6) is 0 Å². The molecule has 11 heteroatoms. The van der Waals surface area contributed by atoms with Crippen LogP contribution in [0.4, 0.5) is 13.2 Å². The van der Waals surface area contributed by atoms with Crippen molar-refractivity contribution in [1.29, 1.82) is 0 Å². The van der Waals surface area contributed by atoms with Gasteiger partial charge in [-0.05, 0) is 38.1 Å². The molecule has 1 amide bonds. The van der Waals surface area contributed by atoms with Crippen LogP contribution in [0, 0.1) is 0 Å². The number of carbonyl (C=O) groups excluding carboxylic acids is 1. The summed E-state index contributed by atoms with van der Waals surface area (Å²) in [6.45, 7) is 3.43. The van der Waals surface area contributed by atoms with Gasteiger partial charge in [0, 0.05) is 30.8 Å². The third-order valence-electron chi connectivity index (χ3n) is 6.46. The van der Waals surface area contributed by atoms with E-state index in [1.807, 2.05) is 54.4 Å². The highest BCUT2D eigenvalue weighted by atomic mass is 19.4. The molecule has 4 heterocycles. The molecule has 0 unspecified atom stereocenters. The van der Waals surface area contributed by atoms with E-state index in [1.54, 1.807) is 12.5 Å². The van der Waals surface area contributed by atoms with Gasteiger partial charge in [0.25, 0.3) is 5.91 Å². The van der Waals surface area contributed by atoms with Gasteiger partial charge in [-0.3, -0.25) is 9.69 Å². The Balaban J connectivity index is 0.000000384. The lowest BCUT2D eigenvalue weighted by Crippen LogP contribution is -2.53. The van der Waals surface area contributed by atoms with E-state index in [0.717, 1.165) is 49.5 Å². The van der Waals surface area contributed by atoms with Crippen LogP contribution >= 0.6 is 0 Å². The van der Waals surface area contributed by atoms with Crippen molar-refractivity contribution < 1.29 is 32.3 Å². The standard InChI is InChI=1S/C23H24N4O2.C2HF3O2/c1-26-16-23(9-11-27(12-10-23)15-18-8-5-13-29-18)20-19(22(26)28)14-24-21(25-20)17-6-3-2-4-7-17;3-2(4,5)1(6)7/h2-8,13-14H,9-12,15-16H2,1H3;(H,6,7). The zero-order valence-corrected chi connectivity index (χ0v) is 19.5. The molecule has 1 fully saturated rings. The number of carboxylic acids is 1. The molecule has 2 aliphatic rings. The molecular formula is C25H25F3N4O4. The number of furan rings is 1. The van der Waals surface area contributed by atoms with Crippen LogP contribution in [0.25, 0.3) is 11.4 Å². The number of benzene rings is 1. The molecule has 8 nitrogen and oxygen atoms in total. The number of likely N-dealkylation sites (tertiary alicyclic amines) is 1. The first-order valence-electron chi connectivity index (χ1n) is 11.3. The Hall–Kier alpha value is -3.73. The summed E-state index contributed by atoms with van der Waals surface area (Å²) in [6, 6.07) is 13.9. The van der Waals surface area contributed by atoms with E-state index in [0.29, 0.717) is 17.9 Å². The van der Waals surface area contributed by atoms with Gasteiger partial charge in [0.2, 0.25) is 0 Å². The van der Waals surface area contributed by atoms with Gasteiger partial charge in [-0.1, -0.05) is 30.3 Å². The predicted molar refractivity (Wildman–Crippen MR) is 123 cm³/mol. The summed E-state index contributed by atoms with van der Waals surface area (Å²) in [4.78, 5) is 35.4. The van der Waals surface area contributed by atoms with Crippen molar-refractivity contribution in [3.8, 4) is 11.4 Å². The molecule has 1 aromatic carbocycles. The molecular weight excluding hydrogens is 477 g/mol. The Kier molecular flexibility index (Phi) is 7.11. The lowest BCUT2D eigenvalue weighted by Gasteiger charge is -2.46. The number of alkyl halides is 3. The topological polar surface area (TPSA) is 99.8 Å². The molecule has 2 aliphatic heterocycles. The van der Waals surface area contributed by atoms with E-state index in [4.69, 9.17) is 19.3 Å². The molecule has 0 bridgehead atoms. The van der Waals surface area contributed by atoms with Gasteiger partial charge in [-0.25, -0.2) is 14.8 Å². The van der Waals surface area contributed by atoms with Crippen LogP contribution in [0.1, 0.15) is 34.7 Å². The quantitative estimate of drug-likeness (QED) is 0.578. The van der Waals surface area contributed by atoms with Crippen molar-refractivity contribution >= 4 is 11.9 Å². The molecule has 1 saturated heterocycles. The second-order valence-corrected chi connectivity index (χ2v) is 8.92. The number of likely N-dealkylation sites (N-methyl/N-ethyl adjacent to an activating group) is 1. The number of hydrogen-bond acceptors (Lipinski definition) is 6. The summed E-state index contributed by atoms with van der Waals surface area (Å²) in [7, 11) is 1.88. The number of aliphatic carboxylic acids is 1. The Bertz CT molecular complexity index is 1210. The minimum Gasteiger partial charge on any atom is -0.475 e. The highest BCUT2D eigenvalue weighted by molar-refractivity contribution is 5.96. The van der Waals surface area contributed by atoms with Crippen molar-refractivity contribution in [3.63, 3.8) is 0 Å². The minimum atomic E-state index is -5.08. The zero-order valence-electron chi connectivity index (χ0n) is 19.5. The number of rotatable bonds is 3. The summed E-state index contributed by atoms with van der Waals surface area (Å²) >= 11 is 0. The number of amides is 1. The number of halogens is 3. The fourth-order valence-corrected chi connectivity index (χ4v) is 4.63. The van der Waals surface area contributed by atoms with Crippen LogP contribution in [-0.4, -0.2) is 69.6 Å². The lowest BCUT2D eigenvalue weighted by atomic mass is 9.71. The van der Waals surface area contributed by atoms with Crippen LogP contribution in [0.2, 0.25) is 0 Å². The first kappa shape index (κ1) is 25.4. The van der Waals surface area contributed by atoms with E-state index < -0.39 is 12.1 Å². The fourth-order valence-electron chi connectivity index (χ4n) is 4.63. The van der Waals surface area contributed by atoms with Gasteiger partial charge < -0.3 is 14.4 Å². The highest BCUT2D eigenvalue weighted by Crippen LogP contribution is 2.41. The van der Waals surface area contributed by atoms with Gasteiger partial charge in [-0.2, -0.15) is 13.2 Å². The van der Waals surface area contributed by atoms with Gasteiger partial charge in [0.05, 0.1) is 24.1 Å². The average molecular weight is 502 g/mol. The molecule has 0 saturated carbocycles. The predicted octanol–water partition coefficient (Wildman–Crippen LogP) is 3.99. The third kappa shape index (κ3) is 5.40. The number of carbonyl (C=O) groups is 2. The number of aromatic nitrogens is 2. The van der Waals surface area contributed by atoms with Gasteiger partial charge in [0.1, 0.15) is 5.76 Å². The maximum Gasteiger partial charge on any atom is 0.490 e. The maximum absolute atomic E-state index is 12.8. The van der Waals surface area contributed by atoms with E-state index in [2.05, 4.69) is 9.88 Å². The highest BCUT2D eigenvalue weighted by Gasteiger charge is 2.45. The molecule has 5 rings (SSSR count). The first-order chi connectivity index (χ1) is 17.1. The van der Waals surface area contributed by atoms with E-state index in [-0.39, 0.29) is 11.3 Å². The number of nitrogens with zero attached hydrogens (tertiary/aromatic N) is 4. The molecule has 0 aliphatic carbocycles. The number of carboxylic acid groups (broad SMARTS) is 1. The Morgan fingerprint density at radius 3 is 2.39 bits per heavy atom. The summed E-state index contributed by atoms with van der Waals surface area (Å²) in [6.07, 6.45) is 0.285. The SMILES string of the molecule is CN1CC2(CCN(Cc3ccco3)CC2)c2nc(-c3ccccc3)ncc2C1=O.O=C(O)C(F)(F)F. The summed E-state index contributed by atoms with van der Waals surface area (Å²) in [5.74, 6) is -1.05. The second-order valence-electron chi connectivity index (χ2n) is 8.92. The summed E-state index contributed by atoms with van der Waals surface area (Å²) in [5.41, 5.74) is 2.43. The van der Waals surface area contributed by atoms with Gasteiger partial charge >= 0.3 is 12.1 Å². The Morgan fingerprint density at radius 2 is 1.81 bits per heavy atom. The van der Waals surface area contributed by atoms with Crippen LogP contribution < -0.4 is 0 Å². The molecule has 3 aromatic rings. The number of fused-ring (bicyclic) bond motifs is 2. The zero-order chi connectivity index (χ0) is 25.9. The Morgan fingerprint density at radius 1 is 1.14 bits per heavy atom. The smallest absolute Gasteiger partial charge is 0.475 e. The molecule has 0 radical (unpaired) electrons. The van der Waals surface area contributed by atoms with E-state index in [1.165, 1.54) is 0 Å². The van der Waals surface area contributed by atoms with Gasteiger partial charge in [0.15, 0.2) is 5.82 Å². The third-order valence-corrected chi connectivity index (χ3v) is 6.46. The maximum atomic E-state index is 12.8. The lowest BCUT2D eigenvalue weighted by molar-refractivity contribution is -0.192. The molecule has 2 aromatic heterocycles. The first-order valence-corrected chi connectivity index (χ1v) is 11.3. The normalized spacial score (nSPS) is 17.3. The number of hydrogen-bond donors (Lipinski definition) is 1. The molecule has 0 atom stereocenters.